The summed E-state index contributed by atoms with van der Waals surface area (Å²) in [6.45, 7) is 18.4. The van der Waals surface area contributed by atoms with Gasteiger partial charge in [-0.3, -0.25) is 9.59 Å². The fourth-order valence-electron chi connectivity index (χ4n) is 8.30. The van der Waals surface area contributed by atoms with Gasteiger partial charge in [0.1, 0.15) is 17.9 Å². The number of halogens is 1. The molecule has 6 rings (SSSR count). The van der Waals surface area contributed by atoms with Crippen LogP contribution in [0.3, 0.4) is 0 Å². The summed E-state index contributed by atoms with van der Waals surface area (Å²) in [5.41, 5.74) is 0.312. The van der Waals surface area contributed by atoms with Crippen molar-refractivity contribution in [1.82, 2.24) is 33.3 Å². The first-order chi connectivity index (χ1) is 24.8. The Labute approximate surface area is 307 Å². The molecular weight excluding hydrogens is 688 g/mol. The molecule has 1 aromatic heterocycles. The predicted molar refractivity (Wildman–Crippen MR) is 197 cm³/mol. The van der Waals surface area contributed by atoms with Crippen LogP contribution in [0.5, 0.6) is 11.5 Å². The molecule has 0 N–H and O–H groups in total. The van der Waals surface area contributed by atoms with Crippen molar-refractivity contribution in [2.75, 3.05) is 76.9 Å². The fraction of sp³-hybridized carbons (Fsp3) is 0.622. The minimum atomic E-state index is -3.58. The molecule has 1 atom stereocenters. The maximum absolute atomic E-state index is 14.4. The number of carbonyl (C=O) groups is 2. The van der Waals surface area contributed by atoms with Crippen molar-refractivity contribution >= 4 is 27.8 Å². The maximum atomic E-state index is 14.4. The molecule has 4 aliphatic rings. The number of rotatable bonds is 11. The largest absolute Gasteiger partial charge is 0.451 e. The zero-order chi connectivity index (χ0) is 37.2. The number of benzene rings is 1. The van der Waals surface area contributed by atoms with E-state index >= 15 is 0 Å². The smallest absolute Gasteiger partial charge is 0.282 e. The quantitative estimate of drug-likeness (QED) is 0.316. The molecule has 0 saturated carbocycles. The first-order valence-corrected chi connectivity index (χ1v) is 19.9. The minimum absolute atomic E-state index is 0.0780. The molecule has 13 nitrogen and oxygen atoms in total. The Morgan fingerprint density at radius 2 is 1.75 bits per heavy atom. The molecule has 0 radical (unpaired) electrons. The lowest BCUT2D eigenvalue weighted by Gasteiger charge is -2.54. The number of piperidine rings is 1. The summed E-state index contributed by atoms with van der Waals surface area (Å²) in [7, 11) is -3.58. The van der Waals surface area contributed by atoms with Gasteiger partial charge in [-0.25, -0.2) is 14.4 Å². The van der Waals surface area contributed by atoms with E-state index in [1.807, 2.05) is 27.7 Å². The van der Waals surface area contributed by atoms with Crippen LogP contribution in [0.4, 0.5) is 10.2 Å². The molecule has 1 aromatic carbocycles. The van der Waals surface area contributed by atoms with E-state index in [9.17, 15) is 22.4 Å². The molecule has 4 aliphatic heterocycles. The van der Waals surface area contributed by atoms with Gasteiger partial charge in [0.05, 0.1) is 11.8 Å². The van der Waals surface area contributed by atoms with Gasteiger partial charge < -0.3 is 24.3 Å². The monoisotopic (exact) mass is 740 g/mol. The zero-order valence-electron chi connectivity index (χ0n) is 30.9. The van der Waals surface area contributed by atoms with Crippen molar-refractivity contribution in [3.63, 3.8) is 0 Å². The van der Waals surface area contributed by atoms with Crippen LogP contribution < -0.4 is 9.64 Å². The Kier molecular flexibility index (Phi) is 11.5. The van der Waals surface area contributed by atoms with Crippen molar-refractivity contribution in [3.8, 4) is 11.5 Å². The second kappa shape index (κ2) is 15.7. The average molecular weight is 741 g/mol. The van der Waals surface area contributed by atoms with Gasteiger partial charge in [-0.1, -0.05) is 6.58 Å². The van der Waals surface area contributed by atoms with Gasteiger partial charge in [0.25, 0.3) is 16.1 Å². The Hall–Kier alpha value is -3.66. The number of hydrogen-bond acceptors (Lipinski definition) is 9. The molecule has 2 aromatic rings. The highest BCUT2D eigenvalue weighted by Crippen LogP contribution is 2.45. The number of anilines is 1. The number of likely N-dealkylation sites (tertiary alicyclic amines) is 1. The maximum Gasteiger partial charge on any atom is 0.282 e. The SMILES string of the molecule is C=CC(=O)N1CCCN(S(=O)(=O)N2CC[C@H](CN3CCC4(CC3)CN(c3ncncc3Oc3ccc(F)cc3C(=O)N(C(C)C)C(C)C)C4)C2)CC1. The van der Waals surface area contributed by atoms with Gasteiger partial charge in [0.2, 0.25) is 5.91 Å². The second-order valence-corrected chi connectivity index (χ2v) is 17.2. The first kappa shape index (κ1) is 38.1. The predicted octanol–water partition coefficient (Wildman–Crippen LogP) is 3.86. The van der Waals surface area contributed by atoms with Crippen LogP contribution in [0.2, 0.25) is 0 Å². The average Bonchev–Trinajstić information content (AvgIpc) is 3.43. The Morgan fingerprint density at radius 1 is 1.02 bits per heavy atom. The minimum Gasteiger partial charge on any atom is -0.451 e. The number of hydrogen-bond donors (Lipinski definition) is 0. The van der Waals surface area contributed by atoms with E-state index in [0.29, 0.717) is 57.3 Å². The topological polar surface area (TPSA) is 123 Å². The van der Waals surface area contributed by atoms with Gasteiger partial charge in [0, 0.05) is 76.4 Å². The third-order valence-corrected chi connectivity index (χ3v) is 13.0. The normalized spacial score (nSPS) is 21.7. The summed E-state index contributed by atoms with van der Waals surface area (Å²) in [5.74, 6) is 0.635. The molecule has 2 amide bonds. The van der Waals surface area contributed by atoms with E-state index in [2.05, 4.69) is 26.3 Å². The highest BCUT2D eigenvalue weighted by atomic mass is 32.2. The molecule has 5 heterocycles. The molecular formula is C37H53FN8O5S. The number of amides is 2. The Balaban J connectivity index is 1.02. The number of carbonyl (C=O) groups excluding carboxylic acids is 2. The van der Waals surface area contributed by atoms with Crippen LogP contribution in [-0.2, 0) is 15.0 Å². The third-order valence-electron chi connectivity index (χ3n) is 11.0. The summed E-state index contributed by atoms with van der Waals surface area (Å²) >= 11 is 0. The van der Waals surface area contributed by atoms with Crippen LogP contribution in [-0.4, -0.2) is 138 Å². The molecule has 0 bridgehead atoms. The van der Waals surface area contributed by atoms with Crippen molar-refractivity contribution in [2.24, 2.45) is 11.3 Å². The Bertz CT molecular complexity index is 1720. The standard InChI is InChI=1S/C37H53FN8O5S/c1-6-34(47)42-13-7-14-44(19-18-42)52(49,50)45-15-10-29(23-45)22-41-16-11-37(12-17-41)24-43(25-37)35-33(21-39-26-40-35)51-32-9-8-30(38)20-31(32)36(48)46(27(2)3)28(4)5/h6,8-9,20-21,26-29H,1,7,10-19,22-25H2,2-5H3/t29-/m1/s1. The van der Waals surface area contributed by atoms with Gasteiger partial charge >= 0.3 is 0 Å². The summed E-state index contributed by atoms with van der Waals surface area (Å²) in [4.78, 5) is 42.4. The summed E-state index contributed by atoms with van der Waals surface area (Å²) in [6.07, 6.45) is 7.88. The highest BCUT2D eigenvalue weighted by molar-refractivity contribution is 7.86. The molecule has 4 fully saturated rings. The van der Waals surface area contributed by atoms with Crippen LogP contribution in [0.25, 0.3) is 0 Å². The van der Waals surface area contributed by atoms with E-state index in [1.54, 1.807) is 20.3 Å². The third kappa shape index (κ3) is 8.12. The first-order valence-electron chi connectivity index (χ1n) is 18.5. The van der Waals surface area contributed by atoms with Crippen LogP contribution in [0.15, 0.2) is 43.4 Å². The van der Waals surface area contributed by atoms with Gasteiger partial charge in [-0.05, 0) is 96.7 Å². The summed E-state index contributed by atoms with van der Waals surface area (Å²) in [5, 5.41) is 0. The van der Waals surface area contributed by atoms with E-state index in [1.165, 1.54) is 34.9 Å². The second-order valence-electron chi connectivity index (χ2n) is 15.3. The molecule has 284 valence electrons. The highest BCUT2D eigenvalue weighted by Gasteiger charge is 2.47. The van der Waals surface area contributed by atoms with Crippen molar-refractivity contribution in [1.29, 1.82) is 0 Å². The van der Waals surface area contributed by atoms with Gasteiger partial charge in [-0.2, -0.15) is 17.0 Å². The fourth-order valence-corrected chi connectivity index (χ4v) is 10.0. The lowest BCUT2D eigenvalue weighted by Crippen LogP contribution is -2.61. The van der Waals surface area contributed by atoms with E-state index < -0.39 is 16.0 Å². The number of aromatic nitrogens is 2. The van der Waals surface area contributed by atoms with Gasteiger partial charge in [0.15, 0.2) is 11.6 Å². The van der Waals surface area contributed by atoms with E-state index in [4.69, 9.17) is 4.74 Å². The Morgan fingerprint density at radius 3 is 2.44 bits per heavy atom. The number of ether oxygens (including phenoxy) is 1. The number of nitrogens with zero attached hydrogens (tertiary/aromatic N) is 8. The molecule has 0 unspecified atom stereocenters. The van der Waals surface area contributed by atoms with Crippen molar-refractivity contribution in [2.45, 2.75) is 65.5 Å². The van der Waals surface area contributed by atoms with Crippen molar-refractivity contribution < 1.29 is 27.1 Å². The molecule has 15 heteroatoms. The lowest BCUT2D eigenvalue weighted by molar-refractivity contribution is -0.125. The molecule has 1 spiro atoms. The summed E-state index contributed by atoms with van der Waals surface area (Å²) < 4.78 is 50.9. The van der Waals surface area contributed by atoms with Crippen molar-refractivity contribution in [3.05, 3.63) is 54.8 Å². The molecule has 0 aliphatic carbocycles. The van der Waals surface area contributed by atoms with E-state index in [-0.39, 0.29) is 46.5 Å². The van der Waals surface area contributed by atoms with Gasteiger partial charge in [-0.15, -0.1) is 0 Å². The summed E-state index contributed by atoms with van der Waals surface area (Å²) in [6, 6.07) is 3.85. The molecule has 52 heavy (non-hydrogen) atoms. The zero-order valence-corrected chi connectivity index (χ0v) is 31.7. The molecule has 4 saturated heterocycles. The van der Waals surface area contributed by atoms with Crippen LogP contribution in [0.1, 0.15) is 63.7 Å². The lowest BCUT2D eigenvalue weighted by atomic mass is 9.72. The van der Waals surface area contributed by atoms with Crippen LogP contribution in [0, 0.1) is 17.2 Å². The van der Waals surface area contributed by atoms with Crippen LogP contribution >= 0.6 is 0 Å². The van der Waals surface area contributed by atoms with E-state index in [0.717, 1.165) is 52.0 Å².